The van der Waals surface area contributed by atoms with E-state index in [1.54, 1.807) is 0 Å². The van der Waals surface area contributed by atoms with Crippen LogP contribution in [0.15, 0.2) is 24.3 Å². The second-order valence-electron chi connectivity index (χ2n) is 6.70. The van der Waals surface area contributed by atoms with E-state index >= 15 is 0 Å². The zero-order chi connectivity index (χ0) is 14.5. The first kappa shape index (κ1) is 14.9. The van der Waals surface area contributed by atoms with Gasteiger partial charge in [-0.3, -0.25) is 0 Å². The minimum absolute atomic E-state index is 0.861. The van der Waals surface area contributed by atoms with Gasteiger partial charge in [0.15, 0.2) is 0 Å². The first-order chi connectivity index (χ1) is 10.3. The summed E-state index contributed by atoms with van der Waals surface area (Å²) >= 11 is 0. The Kier molecular flexibility index (Phi) is 5.15. The molecule has 21 heavy (non-hydrogen) atoms. The zero-order valence-electron chi connectivity index (χ0n) is 13.4. The second kappa shape index (κ2) is 7.28. The normalized spacial score (nSPS) is 21.1. The number of rotatable bonds is 5. The Balaban J connectivity index is 1.51. The van der Waals surface area contributed by atoms with Crippen molar-refractivity contribution in [3.63, 3.8) is 0 Å². The molecule has 2 fully saturated rings. The second-order valence-corrected chi connectivity index (χ2v) is 6.70. The summed E-state index contributed by atoms with van der Waals surface area (Å²) in [4.78, 5) is 4.99. The van der Waals surface area contributed by atoms with E-state index in [4.69, 9.17) is 0 Å². The van der Waals surface area contributed by atoms with E-state index in [1.165, 1.54) is 69.7 Å². The van der Waals surface area contributed by atoms with Crippen molar-refractivity contribution >= 4 is 5.69 Å². The number of nitrogens with zero attached hydrogens (tertiary/aromatic N) is 2. The summed E-state index contributed by atoms with van der Waals surface area (Å²) in [5.41, 5.74) is 2.92. The van der Waals surface area contributed by atoms with Crippen LogP contribution >= 0.6 is 0 Å². The van der Waals surface area contributed by atoms with Crippen molar-refractivity contribution in [3.8, 4) is 0 Å². The molecular weight excluding hydrogens is 258 g/mol. The third-order valence-corrected chi connectivity index (χ3v) is 5.02. The highest BCUT2D eigenvalue weighted by molar-refractivity contribution is 5.54. The molecule has 2 aliphatic heterocycles. The van der Waals surface area contributed by atoms with Crippen LogP contribution in [0.3, 0.4) is 0 Å². The van der Waals surface area contributed by atoms with E-state index in [0.29, 0.717) is 0 Å². The highest BCUT2D eigenvalue weighted by Gasteiger charge is 2.17. The molecule has 0 unspecified atom stereocenters. The van der Waals surface area contributed by atoms with Gasteiger partial charge >= 0.3 is 0 Å². The van der Waals surface area contributed by atoms with Gasteiger partial charge in [0.25, 0.3) is 0 Å². The molecule has 1 aromatic rings. The van der Waals surface area contributed by atoms with E-state index in [0.717, 1.165) is 12.5 Å². The molecule has 0 amide bonds. The molecule has 0 aromatic heterocycles. The predicted octanol–water partition coefficient (Wildman–Crippen LogP) is 2.72. The van der Waals surface area contributed by atoms with Crippen molar-refractivity contribution in [1.29, 1.82) is 0 Å². The van der Waals surface area contributed by atoms with Crippen LogP contribution in [-0.4, -0.2) is 44.7 Å². The third-order valence-electron chi connectivity index (χ3n) is 5.02. The van der Waals surface area contributed by atoms with Gasteiger partial charge in [-0.15, -0.1) is 0 Å². The molecule has 1 N–H and O–H groups in total. The van der Waals surface area contributed by atoms with Crippen LogP contribution < -0.4 is 10.2 Å². The van der Waals surface area contributed by atoms with E-state index in [-0.39, 0.29) is 0 Å². The average molecular weight is 287 g/mol. The summed E-state index contributed by atoms with van der Waals surface area (Å²) in [6.07, 6.45) is 5.38. The number of likely N-dealkylation sites (tertiary alicyclic amines) is 1. The molecule has 1 aromatic carbocycles. The van der Waals surface area contributed by atoms with Crippen molar-refractivity contribution in [2.45, 2.75) is 32.2 Å². The topological polar surface area (TPSA) is 18.5 Å². The smallest absolute Gasteiger partial charge is 0.0411 e. The van der Waals surface area contributed by atoms with Gasteiger partial charge in [-0.1, -0.05) is 18.2 Å². The summed E-state index contributed by atoms with van der Waals surface area (Å²) < 4.78 is 0. The Labute approximate surface area is 129 Å². The number of nitrogens with one attached hydrogen (secondary N) is 1. The molecule has 2 aliphatic rings. The lowest BCUT2D eigenvalue weighted by Crippen LogP contribution is -2.35. The largest absolute Gasteiger partial charge is 0.371 e. The van der Waals surface area contributed by atoms with Gasteiger partial charge in [-0.05, 0) is 69.9 Å². The minimum atomic E-state index is 0.861. The molecule has 116 valence electrons. The number of anilines is 1. The fourth-order valence-corrected chi connectivity index (χ4v) is 3.60. The van der Waals surface area contributed by atoms with Crippen LogP contribution in [0.1, 0.15) is 31.2 Å². The van der Waals surface area contributed by atoms with Crippen LogP contribution in [0.25, 0.3) is 0 Å². The van der Waals surface area contributed by atoms with Gasteiger partial charge in [0.1, 0.15) is 0 Å². The Morgan fingerprint density at radius 2 is 1.76 bits per heavy atom. The molecule has 0 radical (unpaired) electrons. The van der Waals surface area contributed by atoms with Gasteiger partial charge in [-0.2, -0.15) is 0 Å². The third kappa shape index (κ3) is 3.98. The maximum atomic E-state index is 3.70. The summed E-state index contributed by atoms with van der Waals surface area (Å²) in [5, 5.41) is 3.70. The van der Waals surface area contributed by atoms with E-state index in [2.05, 4.69) is 46.4 Å². The number of benzene rings is 1. The molecule has 3 rings (SSSR count). The van der Waals surface area contributed by atoms with Crippen LogP contribution in [0.4, 0.5) is 5.69 Å². The quantitative estimate of drug-likeness (QED) is 0.898. The fraction of sp³-hybridized carbons (Fsp3) is 0.667. The zero-order valence-corrected chi connectivity index (χ0v) is 13.4. The molecule has 0 saturated carbocycles. The average Bonchev–Trinajstić information content (AvgIpc) is 3.04. The molecule has 0 bridgehead atoms. The molecule has 2 heterocycles. The van der Waals surface area contributed by atoms with Crippen LogP contribution in [0.2, 0.25) is 0 Å². The lowest BCUT2D eigenvalue weighted by atomic mass is 9.97. The van der Waals surface area contributed by atoms with E-state index < -0.39 is 0 Å². The standard InChI is InChI=1S/C18H29N3/c1-20-12-8-16(9-13-20)14-19-15-17-6-2-3-7-18(17)21-10-4-5-11-21/h2-3,6-7,16,19H,4-5,8-15H2,1H3. The van der Waals surface area contributed by atoms with E-state index in [1.807, 2.05) is 0 Å². The lowest BCUT2D eigenvalue weighted by molar-refractivity contribution is 0.216. The highest BCUT2D eigenvalue weighted by atomic mass is 15.1. The summed E-state index contributed by atoms with van der Waals surface area (Å²) in [7, 11) is 2.23. The van der Waals surface area contributed by atoms with Gasteiger partial charge in [0, 0.05) is 25.3 Å². The molecule has 3 nitrogen and oxygen atoms in total. The highest BCUT2D eigenvalue weighted by Crippen LogP contribution is 2.24. The Morgan fingerprint density at radius 3 is 2.52 bits per heavy atom. The molecule has 0 atom stereocenters. The minimum Gasteiger partial charge on any atom is -0.371 e. The van der Waals surface area contributed by atoms with Gasteiger partial charge < -0.3 is 15.1 Å². The van der Waals surface area contributed by atoms with Gasteiger partial charge in [0.2, 0.25) is 0 Å². The van der Waals surface area contributed by atoms with E-state index in [9.17, 15) is 0 Å². The number of para-hydroxylation sites is 1. The van der Waals surface area contributed by atoms with Crippen molar-refractivity contribution in [2.24, 2.45) is 5.92 Å². The van der Waals surface area contributed by atoms with Crippen LogP contribution in [-0.2, 0) is 6.54 Å². The van der Waals surface area contributed by atoms with Gasteiger partial charge in [0.05, 0.1) is 0 Å². The van der Waals surface area contributed by atoms with Crippen LogP contribution in [0, 0.1) is 5.92 Å². The number of hydrogen-bond acceptors (Lipinski definition) is 3. The first-order valence-corrected chi connectivity index (χ1v) is 8.55. The maximum Gasteiger partial charge on any atom is 0.0411 e. The monoisotopic (exact) mass is 287 g/mol. The van der Waals surface area contributed by atoms with Gasteiger partial charge in [-0.25, -0.2) is 0 Å². The van der Waals surface area contributed by atoms with Crippen LogP contribution in [0.5, 0.6) is 0 Å². The Hall–Kier alpha value is -1.06. The lowest BCUT2D eigenvalue weighted by Gasteiger charge is -2.29. The fourth-order valence-electron chi connectivity index (χ4n) is 3.60. The number of hydrogen-bond donors (Lipinski definition) is 1. The summed E-state index contributed by atoms with van der Waals surface area (Å²) in [5.74, 6) is 0.861. The summed E-state index contributed by atoms with van der Waals surface area (Å²) in [6.45, 7) is 7.16. The van der Waals surface area contributed by atoms with Crippen molar-refractivity contribution < 1.29 is 0 Å². The van der Waals surface area contributed by atoms with Crippen molar-refractivity contribution in [1.82, 2.24) is 10.2 Å². The molecule has 0 spiro atoms. The molecule has 0 aliphatic carbocycles. The van der Waals surface area contributed by atoms with Crippen molar-refractivity contribution in [2.75, 3.05) is 44.7 Å². The summed E-state index contributed by atoms with van der Waals surface area (Å²) in [6, 6.07) is 8.92. The maximum absolute atomic E-state index is 3.70. The van der Waals surface area contributed by atoms with Crippen molar-refractivity contribution in [3.05, 3.63) is 29.8 Å². The molecular formula is C18H29N3. The first-order valence-electron chi connectivity index (χ1n) is 8.55. The molecule has 2 saturated heterocycles. The Bertz CT molecular complexity index is 432. The Morgan fingerprint density at radius 1 is 1.05 bits per heavy atom. The SMILES string of the molecule is CN1CCC(CNCc2ccccc2N2CCCC2)CC1. The molecule has 3 heteroatoms. The predicted molar refractivity (Wildman–Crippen MR) is 89.8 cm³/mol. The number of piperidine rings is 1.